The van der Waals surface area contributed by atoms with E-state index in [-0.39, 0.29) is 5.91 Å². The lowest BCUT2D eigenvalue weighted by Gasteiger charge is -2.15. The average molecular weight is 243 g/mol. The summed E-state index contributed by atoms with van der Waals surface area (Å²) in [6.07, 6.45) is 0. The average Bonchev–Trinajstić information content (AvgIpc) is 2.57. The fourth-order valence-corrected chi connectivity index (χ4v) is 2.34. The molecule has 5 heteroatoms. The molecule has 0 bridgehead atoms. The summed E-state index contributed by atoms with van der Waals surface area (Å²) >= 11 is 6.02. The standard InChI is InChI=1S/C11H12ClFN2O/c1-3-15-10-7(13)5-4-6(12)8(10)9(14-2)11(15)16/h4-5,9,14H,3H2,1-2H3. The maximum Gasteiger partial charge on any atom is 0.248 e. The third-order valence-electron chi connectivity index (χ3n) is 2.79. The minimum Gasteiger partial charge on any atom is -0.308 e. The van der Waals surface area contributed by atoms with Gasteiger partial charge in [0.2, 0.25) is 5.91 Å². The number of amides is 1. The van der Waals surface area contributed by atoms with Gasteiger partial charge in [-0.2, -0.15) is 0 Å². The number of carbonyl (C=O) groups excluding carboxylic acids is 1. The summed E-state index contributed by atoms with van der Waals surface area (Å²) in [5.41, 5.74) is 0.843. The Labute approximate surface area is 98.2 Å². The second-order valence-electron chi connectivity index (χ2n) is 3.60. The van der Waals surface area contributed by atoms with Gasteiger partial charge in [0.1, 0.15) is 11.9 Å². The largest absolute Gasteiger partial charge is 0.308 e. The molecule has 0 saturated carbocycles. The Hall–Kier alpha value is -1.13. The molecular formula is C11H12ClFN2O. The molecule has 1 unspecified atom stereocenters. The number of fused-ring (bicyclic) bond motifs is 1. The van der Waals surface area contributed by atoms with Gasteiger partial charge in [0.15, 0.2) is 0 Å². The fraction of sp³-hybridized carbons (Fsp3) is 0.364. The van der Waals surface area contributed by atoms with Crippen LogP contribution in [0.5, 0.6) is 0 Å². The van der Waals surface area contributed by atoms with Crippen LogP contribution in [0, 0.1) is 5.82 Å². The van der Waals surface area contributed by atoms with Crippen molar-refractivity contribution in [1.29, 1.82) is 0 Å². The van der Waals surface area contributed by atoms with Gasteiger partial charge in [-0.1, -0.05) is 11.6 Å². The third kappa shape index (κ3) is 1.41. The number of nitrogens with one attached hydrogen (secondary N) is 1. The first-order chi connectivity index (χ1) is 7.61. The van der Waals surface area contributed by atoms with Gasteiger partial charge >= 0.3 is 0 Å². The molecule has 1 N–H and O–H groups in total. The van der Waals surface area contributed by atoms with Crippen LogP contribution in [-0.4, -0.2) is 19.5 Å². The van der Waals surface area contributed by atoms with Crippen LogP contribution in [0.2, 0.25) is 5.02 Å². The molecular weight excluding hydrogens is 231 g/mol. The van der Waals surface area contributed by atoms with E-state index in [1.807, 2.05) is 0 Å². The zero-order chi connectivity index (χ0) is 11.9. The molecule has 1 atom stereocenters. The van der Waals surface area contributed by atoms with Crippen molar-refractivity contribution in [3.8, 4) is 0 Å². The van der Waals surface area contributed by atoms with Crippen LogP contribution in [0.1, 0.15) is 18.5 Å². The lowest BCUT2D eigenvalue weighted by molar-refractivity contribution is -0.119. The monoisotopic (exact) mass is 242 g/mol. The highest BCUT2D eigenvalue weighted by Gasteiger charge is 2.39. The van der Waals surface area contributed by atoms with Crippen LogP contribution >= 0.6 is 11.6 Å². The first kappa shape index (κ1) is 11.4. The molecule has 0 saturated heterocycles. The Bertz CT molecular complexity index is 411. The van der Waals surface area contributed by atoms with Crippen molar-refractivity contribution in [2.24, 2.45) is 0 Å². The number of halogens is 2. The number of nitrogens with zero attached hydrogens (tertiary/aromatic N) is 1. The highest BCUT2D eigenvalue weighted by Crippen LogP contribution is 2.41. The number of likely N-dealkylation sites (N-methyl/N-ethyl adjacent to an activating group) is 2. The molecule has 1 amide bonds. The number of carbonyl (C=O) groups is 1. The van der Waals surface area contributed by atoms with Crippen molar-refractivity contribution < 1.29 is 9.18 Å². The number of hydrogen-bond acceptors (Lipinski definition) is 2. The molecule has 2 rings (SSSR count). The minimum absolute atomic E-state index is 0.160. The van der Waals surface area contributed by atoms with E-state index in [9.17, 15) is 9.18 Å². The van der Waals surface area contributed by atoms with E-state index in [1.54, 1.807) is 14.0 Å². The van der Waals surface area contributed by atoms with Crippen LogP contribution in [0.15, 0.2) is 12.1 Å². The first-order valence-corrected chi connectivity index (χ1v) is 5.46. The van der Waals surface area contributed by atoms with Crippen LogP contribution in [0.4, 0.5) is 10.1 Å². The molecule has 1 aliphatic heterocycles. The van der Waals surface area contributed by atoms with Gasteiger partial charge in [-0.05, 0) is 26.1 Å². The number of benzene rings is 1. The van der Waals surface area contributed by atoms with E-state index >= 15 is 0 Å². The summed E-state index contributed by atoms with van der Waals surface area (Å²) in [6, 6.07) is 2.22. The molecule has 86 valence electrons. The second kappa shape index (κ2) is 4.03. The van der Waals surface area contributed by atoms with Crippen LogP contribution in [0.3, 0.4) is 0 Å². The molecule has 0 aromatic heterocycles. The zero-order valence-corrected chi connectivity index (χ0v) is 9.81. The quantitative estimate of drug-likeness (QED) is 0.862. The Morgan fingerprint density at radius 3 is 2.81 bits per heavy atom. The molecule has 0 spiro atoms. The first-order valence-electron chi connectivity index (χ1n) is 5.08. The van der Waals surface area contributed by atoms with Crippen LogP contribution < -0.4 is 10.2 Å². The van der Waals surface area contributed by atoms with E-state index in [0.717, 1.165) is 0 Å². The Morgan fingerprint density at radius 2 is 2.25 bits per heavy atom. The molecule has 1 aromatic rings. The predicted molar refractivity (Wildman–Crippen MR) is 61.2 cm³/mol. The van der Waals surface area contributed by atoms with Crippen molar-refractivity contribution in [3.05, 3.63) is 28.5 Å². The van der Waals surface area contributed by atoms with Gasteiger partial charge in [0.25, 0.3) is 0 Å². The summed E-state index contributed by atoms with van der Waals surface area (Å²) in [5, 5.41) is 3.28. The van der Waals surface area contributed by atoms with Crippen molar-refractivity contribution in [3.63, 3.8) is 0 Å². The smallest absolute Gasteiger partial charge is 0.248 e. The molecule has 3 nitrogen and oxygen atoms in total. The fourth-order valence-electron chi connectivity index (χ4n) is 2.08. The highest BCUT2D eigenvalue weighted by atomic mass is 35.5. The van der Waals surface area contributed by atoms with Crippen molar-refractivity contribution in [2.75, 3.05) is 18.5 Å². The van der Waals surface area contributed by atoms with Crippen LogP contribution in [0.25, 0.3) is 0 Å². The molecule has 0 fully saturated rings. The van der Waals surface area contributed by atoms with Crippen molar-refractivity contribution >= 4 is 23.2 Å². The van der Waals surface area contributed by atoms with Gasteiger partial charge in [-0.25, -0.2) is 4.39 Å². The van der Waals surface area contributed by atoms with Gasteiger partial charge < -0.3 is 10.2 Å². The van der Waals surface area contributed by atoms with Crippen molar-refractivity contribution in [2.45, 2.75) is 13.0 Å². The predicted octanol–water partition coefficient (Wildman–Crippen LogP) is 2.11. The Morgan fingerprint density at radius 1 is 1.56 bits per heavy atom. The molecule has 1 aromatic carbocycles. The lowest BCUT2D eigenvalue weighted by Crippen LogP contribution is -2.33. The molecule has 0 aliphatic carbocycles. The van der Waals surface area contributed by atoms with Gasteiger partial charge in [0.05, 0.1) is 5.69 Å². The number of anilines is 1. The van der Waals surface area contributed by atoms with Crippen molar-refractivity contribution in [1.82, 2.24) is 5.32 Å². The Balaban J connectivity index is 2.67. The SMILES string of the molecule is CCN1C(=O)C(NC)c2c(Cl)ccc(F)c21. The minimum atomic E-state index is -0.543. The van der Waals surface area contributed by atoms with Gasteiger partial charge in [-0.3, -0.25) is 4.79 Å². The van der Waals surface area contributed by atoms with Gasteiger partial charge in [0, 0.05) is 17.1 Å². The molecule has 1 heterocycles. The van der Waals surface area contributed by atoms with Crippen LogP contribution in [-0.2, 0) is 4.79 Å². The lowest BCUT2D eigenvalue weighted by atomic mass is 10.1. The van der Waals surface area contributed by atoms with E-state index in [4.69, 9.17) is 11.6 Å². The summed E-state index contributed by atoms with van der Waals surface area (Å²) in [5.74, 6) is -0.570. The summed E-state index contributed by atoms with van der Waals surface area (Å²) in [4.78, 5) is 13.4. The maximum absolute atomic E-state index is 13.7. The summed E-state index contributed by atoms with van der Waals surface area (Å²) in [7, 11) is 1.66. The van der Waals surface area contributed by atoms with E-state index in [2.05, 4.69) is 5.32 Å². The number of rotatable bonds is 2. The van der Waals surface area contributed by atoms with Gasteiger partial charge in [-0.15, -0.1) is 0 Å². The van der Waals surface area contributed by atoms with E-state index in [1.165, 1.54) is 17.0 Å². The molecule has 16 heavy (non-hydrogen) atoms. The molecule has 1 aliphatic rings. The Kier molecular flexibility index (Phi) is 2.86. The normalized spacial score (nSPS) is 19.1. The summed E-state index contributed by atoms with van der Waals surface area (Å²) in [6.45, 7) is 2.24. The number of hydrogen-bond donors (Lipinski definition) is 1. The summed E-state index contributed by atoms with van der Waals surface area (Å²) < 4.78 is 13.7. The zero-order valence-electron chi connectivity index (χ0n) is 9.05. The third-order valence-corrected chi connectivity index (χ3v) is 3.12. The van der Waals surface area contributed by atoms with E-state index in [0.29, 0.717) is 22.8 Å². The molecule has 0 radical (unpaired) electrons. The maximum atomic E-state index is 13.7. The van der Waals surface area contributed by atoms with E-state index < -0.39 is 11.9 Å². The highest BCUT2D eigenvalue weighted by molar-refractivity contribution is 6.32. The topological polar surface area (TPSA) is 32.3 Å². The second-order valence-corrected chi connectivity index (χ2v) is 4.00.